The number of carbonyl (C=O) groups excluding carboxylic acids is 1. The third-order valence-electron chi connectivity index (χ3n) is 3.74. The second-order valence-corrected chi connectivity index (χ2v) is 5.27. The first kappa shape index (κ1) is 17.1. The molecule has 1 aromatic heterocycles. The maximum absolute atomic E-state index is 12.3. The minimum absolute atomic E-state index is 0.0583. The van der Waals surface area contributed by atoms with Gasteiger partial charge in [0, 0.05) is 31.4 Å². The molecule has 0 saturated carbocycles. The number of hydrogen-bond donors (Lipinski definition) is 1. The van der Waals surface area contributed by atoms with E-state index < -0.39 is 22.2 Å². The van der Waals surface area contributed by atoms with E-state index in [0.717, 1.165) is 10.6 Å². The highest BCUT2D eigenvalue weighted by atomic mass is 16.6. The molecule has 0 saturated heterocycles. The molecule has 9 heteroatoms. The van der Waals surface area contributed by atoms with Gasteiger partial charge in [0.2, 0.25) is 5.91 Å². The van der Waals surface area contributed by atoms with Gasteiger partial charge in [-0.3, -0.25) is 29.3 Å². The van der Waals surface area contributed by atoms with Gasteiger partial charge in [0.1, 0.15) is 6.54 Å². The maximum Gasteiger partial charge on any atom is 0.328 e. The van der Waals surface area contributed by atoms with E-state index in [9.17, 15) is 24.5 Å². The molecule has 1 heterocycles. The lowest BCUT2D eigenvalue weighted by Crippen LogP contribution is -2.37. The fraction of sp³-hybridized carbons (Fsp3) is 0.267. The Labute approximate surface area is 136 Å². The van der Waals surface area contributed by atoms with E-state index in [1.54, 1.807) is 26.1 Å². The summed E-state index contributed by atoms with van der Waals surface area (Å²) in [6, 6.07) is 6.75. The van der Waals surface area contributed by atoms with Crippen LogP contribution in [-0.4, -0.2) is 32.3 Å². The number of likely N-dealkylation sites (N-methyl/N-ethyl adjacent to an activating group) is 1. The Hall–Kier alpha value is -3.23. The monoisotopic (exact) mass is 332 g/mol. The third kappa shape index (κ3) is 3.75. The van der Waals surface area contributed by atoms with Crippen molar-refractivity contribution in [2.45, 2.75) is 19.5 Å². The van der Waals surface area contributed by atoms with Crippen molar-refractivity contribution in [3.05, 3.63) is 73.0 Å². The van der Waals surface area contributed by atoms with Crippen LogP contribution < -0.4 is 11.2 Å². The lowest BCUT2D eigenvalue weighted by molar-refractivity contribution is -0.384. The van der Waals surface area contributed by atoms with Crippen LogP contribution in [0.15, 0.2) is 46.1 Å². The van der Waals surface area contributed by atoms with Crippen molar-refractivity contribution in [3.63, 3.8) is 0 Å². The molecule has 24 heavy (non-hydrogen) atoms. The highest BCUT2D eigenvalue weighted by Gasteiger charge is 2.19. The number of nitrogens with zero attached hydrogens (tertiary/aromatic N) is 3. The van der Waals surface area contributed by atoms with E-state index in [1.807, 2.05) is 0 Å². The average Bonchev–Trinajstić information content (AvgIpc) is 2.56. The van der Waals surface area contributed by atoms with Crippen molar-refractivity contribution in [2.24, 2.45) is 0 Å². The summed E-state index contributed by atoms with van der Waals surface area (Å²) in [6.07, 6.45) is 1.24. The summed E-state index contributed by atoms with van der Waals surface area (Å²) in [6.45, 7) is 1.48. The summed E-state index contributed by atoms with van der Waals surface area (Å²) in [5.74, 6) is -0.372. The zero-order valence-corrected chi connectivity index (χ0v) is 13.1. The Kier molecular flexibility index (Phi) is 4.93. The molecule has 0 bridgehead atoms. The van der Waals surface area contributed by atoms with E-state index in [1.165, 1.54) is 23.2 Å². The van der Waals surface area contributed by atoms with Crippen LogP contribution in [0.3, 0.4) is 0 Å². The number of nitro groups is 1. The normalized spacial score (nSPS) is 11.8. The topological polar surface area (TPSA) is 118 Å². The lowest BCUT2D eigenvalue weighted by atomic mass is 10.1. The van der Waals surface area contributed by atoms with Crippen molar-refractivity contribution in [1.82, 2.24) is 14.5 Å². The zero-order chi connectivity index (χ0) is 17.9. The molecule has 9 nitrogen and oxygen atoms in total. The molecule has 0 aliphatic rings. The molecular formula is C15H16N4O5. The van der Waals surface area contributed by atoms with Crippen LogP contribution in [-0.2, 0) is 11.3 Å². The fourth-order valence-corrected chi connectivity index (χ4v) is 2.16. The zero-order valence-electron chi connectivity index (χ0n) is 13.1. The average molecular weight is 332 g/mol. The van der Waals surface area contributed by atoms with Gasteiger partial charge in [-0.05, 0) is 12.5 Å². The Balaban J connectivity index is 2.17. The molecule has 0 aliphatic carbocycles. The summed E-state index contributed by atoms with van der Waals surface area (Å²) >= 11 is 0. The van der Waals surface area contributed by atoms with Crippen LogP contribution in [0.2, 0.25) is 0 Å². The standard InChI is InChI=1S/C15H16N4O5/c1-10(11-4-3-5-12(8-11)19(23)24)17(2)14(21)9-18-7-6-13(20)16-15(18)22/h3-8,10H,9H2,1-2H3,(H,16,20,22)/t10-/m1/s1. The molecule has 0 fully saturated rings. The number of nitrogens with one attached hydrogen (secondary N) is 1. The second kappa shape index (κ2) is 6.90. The number of amides is 1. The van der Waals surface area contributed by atoms with E-state index in [0.29, 0.717) is 5.56 Å². The first-order valence-electron chi connectivity index (χ1n) is 7.09. The second-order valence-electron chi connectivity index (χ2n) is 5.27. The first-order valence-corrected chi connectivity index (χ1v) is 7.09. The number of rotatable bonds is 5. The number of carbonyl (C=O) groups is 1. The Morgan fingerprint density at radius 1 is 1.38 bits per heavy atom. The molecule has 0 spiro atoms. The molecule has 0 unspecified atom stereocenters. The number of nitro benzene ring substituents is 1. The van der Waals surface area contributed by atoms with Gasteiger partial charge in [0.25, 0.3) is 11.2 Å². The number of non-ortho nitro benzene ring substituents is 1. The molecule has 2 aromatic rings. The minimum Gasteiger partial charge on any atom is -0.337 e. The number of aromatic nitrogens is 2. The Morgan fingerprint density at radius 3 is 2.71 bits per heavy atom. The number of hydrogen-bond acceptors (Lipinski definition) is 5. The van der Waals surface area contributed by atoms with Crippen molar-refractivity contribution in [3.8, 4) is 0 Å². The van der Waals surface area contributed by atoms with Crippen LogP contribution in [0.25, 0.3) is 0 Å². The van der Waals surface area contributed by atoms with Crippen LogP contribution in [0.1, 0.15) is 18.5 Å². The predicted octanol–water partition coefficient (Wildman–Crippen LogP) is 0.664. The predicted molar refractivity (Wildman–Crippen MR) is 85.6 cm³/mol. The molecular weight excluding hydrogens is 316 g/mol. The first-order chi connectivity index (χ1) is 11.3. The molecule has 1 N–H and O–H groups in total. The highest BCUT2D eigenvalue weighted by molar-refractivity contribution is 5.76. The van der Waals surface area contributed by atoms with Gasteiger partial charge < -0.3 is 4.90 Å². The van der Waals surface area contributed by atoms with Gasteiger partial charge in [-0.1, -0.05) is 12.1 Å². The van der Waals surface area contributed by atoms with Gasteiger partial charge >= 0.3 is 5.69 Å². The van der Waals surface area contributed by atoms with Crippen molar-refractivity contribution in [1.29, 1.82) is 0 Å². The summed E-state index contributed by atoms with van der Waals surface area (Å²) < 4.78 is 1.08. The minimum atomic E-state index is -0.674. The van der Waals surface area contributed by atoms with Gasteiger partial charge in [-0.25, -0.2) is 4.79 Å². The molecule has 0 aliphatic heterocycles. The van der Waals surface area contributed by atoms with Crippen LogP contribution in [0, 0.1) is 10.1 Å². The molecule has 0 radical (unpaired) electrons. The Morgan fingerprint density at radius 2 is 2.08 bits per heavy atom. The smallest absolute Gasteiger partial charge is 0.328 e. The SMILES string of the molecule is C[C@H](c1cccc([N+](=O)[O-])c1)N(C)C(=O)Cn1ccc(=O)[nH]c1=O. The van der Waals surface area contributed by atoms with Gasteiger partial charge in [0.15, 0.2) is 0 Å². The van der Waals surface area contributed by atoms with Crippen LogP contribution in [0.4, 0.5) is 5.69 Å². The molecule has 1 amide bonds. The van der Waals surface area contributed by atoms with Crippen molar-refractivity contribution >= 4 is 11.6 Å². The van der Waals surface area contributed by atoms with Crippen LogP contribution >= 0.6 is 0 Å². The highest BCUT2D eigenvalue weighted by Crippen LogP contribution is 2.23. The van der Waals surface area contributed by atoms with Gasteiger partial charge in [-0.2, -0.15) is 0 Å². The van der Waals surface area contributed by atoms with E-state index in [4.69, 9.17) is 0 Å². The number of aromatic amines is 1. The van der Waals surface area contributed by atoms with Crippen molar-refractivity contribution in [2.75, 3.05) is 7.05 Å². The lowest BCUT2D eigenvalue weighted by Gasteiger charge is -2.25. The quantitative estimate of drug-likeness (QED) is 0.637. The van der Waals surface area contributed by atoms with Gasteiger partial charge in [0.05, 0.1) is 11.0 Å². The third-order valence-corrected chi connectivity index (χ3v) is 3.74. The van der Waals surface area contributed by atoms with E-state index in [-0.39, 0.29) is 18.1 Å². The molecule has 1 atom stereocenters. The molecule has 2 rings (SSSR count). The van der Waals surface area contributed by atoms with Gasteiger partial charge in [-0.15, -0.1) is 0 Å². The largest absolute Gasteiger partial charge is 0.337 e. The Bertz CT molecular complexity index is 886. The molecule has 1 aromatic carbocycles. The number of benzene rings is 1. The van der Waals surface area contributed by atoms with E-state index >= 15 is 0 Å². The van der Waals surface area contributed by atoms with Crippen LogP contribution in [0.5, 0.6) is 0 Å². The molecule has 126 valence electrons. The fourth-order valence-electron chi connectivity index (χ4n) is 2.16. The summed E-state index contributed by atoms with van der Waals surface area (Å²) in [7, 11) is 1.54. The summed E-state index contributed by atoms with van der Waals surface area (Å²) in [4.78, 5) is 48.8. The van der Waals surface area contributed by atoms with E-state index in [2.05, 4.69) is 4.98 Å². The summed E-state index contributed by atoms with van der Waals surface area (Å²) in [5, 5.41) is 10.8. The number of H-pyrrole nitrogens is 1. The van der Waals surface area contributed by atoms with Crippen molar-refractivity contribution < 1.29 is 9.72 Å². The maximum atomic E-state index is 12.3. The summed E-state index contributed by atoms with van der Waals surface area (Å²) in [5.41, 5.74) is -0.666.